The van der Waals surface area contributed by atoms with Gasteiger partial charge in [-0.1, -0.05) is 36.5 Å². The largest absolute Gasteiger partial charge is 0.301 e. The van der Waals surface area contributed by atoms with Crippen molar-refractivity contribution in [1.82, 2.24) is 19.8 Å². The summed E-state index contributed by atoms with van der Waals surface area (Å²) in [6.45, 7) is 9.22. The molecule has 34 heavy (non-hydrogen) atoms. The van der Waals surface area contributed by atoms with Crippen LogP contribution in [0, 0.1) is 11.8 Å². The van der Waals surface area contributed by atoms with Gasteiger partial charge in [0.05, 0.1) is 33.5 Å². The lowest BCUT2D eigenvalue weighted by molar-refractivity contribution is -0.118. The van der Waals surface area contributed by atoms with Gasteiger partial charge in [0.1, 0.15) is 0 Å². The van der Waals surface area contributed by atoms with Crippen LogP contribution in [0.5, 0.6) is 0 Å². The zero-order chi connectivity index (χ0) is 23.7. The number of nitrogens with zero attached hydrogens (tertiary/aromatic N) is 4. The van der Waals surface area contributed by atoms with Gasteiger partial charge < -0.3 is 10.6 Å². The van der Waals surface area contributed by atoms with E-state index in [1.165, 1.54) is 35.5 Å². The minimum atomic E-state index is -0.0128. The fraction of sp³-hybridized carbons (Fsp3) is 0.583. The molecule has 2 N–H and O–H groups in total. The second-order valence-corrected chi connectivity index (χ2v) is 11.9. The summed E-state index contributed by atoms with van der Waals surface area (Å²) in [4.78, 5) is 38.7. The van der Waals surface area contributed by atoms with Gasteiger partial charge in [-0.3, -0.25) is 19.4 Å². The number of carbonyl (C=O) groups is 2. The van der Waals surface area contributed by atoms with Crippen molar-refractivity contribution in [3.8, 4) is 0 Å². The quantitative estimate of drug-likeness (QED) is 0.526. The van der Waals surface area contributed by atoms with E-state index in [4.69, 9.17) is 0 Å². The molecular weight excluding hydrogens is 468 g/mol. The van der Waals surface area contributed by atoms with Gasteiger partial charge in [0.15, 0.2) is 10.3 Å². The van der Waals surface area contributed by atoms with Crippen LogP contribution >= 0.6 is 22.7 Å². The van der Waals surface area contributed by atoms with Crippen molar-refractivity contribution in [2.24, 2.45) is 11.8 Å². The molecule has 1 aromatic carbocycles. The van der Waals surface area contributed by atoms with Gasteiger partial charge in [0.2, 0.25) is 11.8 Å². The number of rotatable bonds is 6. The number of fused-ring (bicyclic) bond motifs is 2. The second-order valence-electron chi connectivity index (χ2n) is 9.89. The summed E-state index contributed by atoms with van der Waals surface area (Å²) in [6, 6.07) is 3.98. The number of hydrogen-bond acceptors (Lipinski definition) is 8. The lowest BCUT2D eigenvalue weighted by atomic mass is 10.0. The minimum absolute atomic E-state index is 0.0128. The van der Waals surface area contributed by atoms with E-state index in [1.807, 2.05) is 12.1 Å². The van der Waals surface area contributed by atoms with Crippen molar-refractivity contribution < 1.29 is 9.59 Å². The Balaban J connectivity index is 1.21. The van der Waals surface area contributed by atoms with E-state index in [1.54, 1.807) is 0 Å². The number of thiazole rings is 2. The minimum Gasteiger partial charge on any atom is -0.301 e. The summed E-state index contributed by atoms with van der Waals surface area (Å²) < 4.78 is 2.00. The number of benzene rings is 1. The van der Waals surface area contributed by atoms with Crippen LogP contribution in [0.25, 0.3) is 20.4 Å². The molecule has 0 bridgehead atoms. The van der Waals surface area contributed by atoms with Crippen LogP contribution in [0.15, 0.2) is 12.1 Å². The van der Waals surface area contributed by atoms with Crippen LogP contribution in [-0.2, 0) is 9.59 Å². The molecular formula is C24H32N6O2S2. The van der Waals surface area contributed by atoms with Gasteiger partial charge >= 0.3 is 0 Å². The molecule has 2 saturated heterocycles. The fourth-order valence-corrected chi connectivity index (χ4v) is 6.92. The Labute approximate surface area is 207 Å². The molecule has 5 rings (SSSR count). The first-order valence-corrected chi connectivity index (χ1v) is 13.8. The highest BCUT2D eigenvalue weighted by Crippen LogP contribution is 2.34. The van der Waals surface area contributed by atoms with Crippen molar-refractivity contribution >= 4 is 65.2 Å². The summed E-state index contributed by atoms with van der Waals surface area (Å²) in [6.07, 6.45) is 4.78. The maximum Gasteiger partial charge on any atom is 0.240 e. The molecule has 0 aliphatic carbocycles. The van der Waals surface area contributed by atoms with Gasteiger partial charge in [0.25, 0.3) is 0 Å². The number of aromatic nitrogens is 2. The van der Waals surface area contributed by atoms with E-state index in [0.717, 1.165) is 59.5 Å². The van der Waals surface area contributed by atoms with E-state index in [2.05, 4.69) is 44.2 Å². The first kappa shape index (κ1) is 23.6. The van der Waals surface area contributed by atoms with Crippen molar-refractivity contribution in [2.45, 2.75) is 39.5 Å². The van der Waals surface area contributed by atoms with E-state index in [0.29, 0.717) is 35.2 Å². The third kappa shape index (κ3) is 5.73. The van der Waals surface area contributed by atoms with Crippen LogP contribution in [-0.4, -0.2) is 70.9 Å². The maximum absolute atomic E-state index is 12.5. The van der Waals surface area contributed by atoms with Crippen molar-refractivity contribution in [1.29, 1.82) is 0 Å². The third-order valence-corrected chi connectivity index (χ3v) is 8.47. The molecule has 2 atom stereocenters. The van der Waals surface area contributed by atoms with Crippen LogP contribution in [0.1, 0.15) is 39.5 Å². The van der Waals surface area contributed by atoms with E-state index < -0.39 is 0 Å². The predicted molar refractivity (Wildman–Crippen MR) is 140 cm³/mol. The molecule has 2 aliphatic rings. The first-order valence-electron chi connectivity index (χ1n) is 12.2. The van der Waals surface area contributed by atoms with Crippen LogP contribution < -0.4 is 10.6 Å². The van der Waals surface area contributed by atoms with Gasteiger partial charge in [-0.2, -0.15) is 0 Å². The molecule has 0 saturated carbocycles. The Hall–Kier alpha value is -2.14. The Morgan fingerprint density at radius 3 is 1.76 bits per heavy atom. The number of amides is 2. The van der Waals surface area contributed by atoms with Crippen LogP contribution in [0.4, 0.5) is 10.3 Å². The molecule has 2 aliphatic heterocycles. The first-order chi connectivity index (χ1) is 16.4. The number of piperidine rings is 2. The molecule has 0 radical (unpaired) electrons. The zero-order valence-corrected chi connectivity index (χ0v) is 21.4. The molecule has 0 spiro atoms. The van der Waals surface area contributed by atoms with Gasteiger partial charge in [0, 0.05) is 13.1 Å². The highest BCUT2D eigenvalue weighted by atomic mass is 32.1. The van der Waals surface area contributed by atoms with Crippen molar-refractivity contribution in [3.05, 3.63) is 12.1 Å². The molecule has 2 fully saturated rings. The molecule has 10 heteroatoms. The van der Waals surface area contributed by atoms with Crippen molar-refractivity contribution in [3.63, 3.8) is 0 Å². The number of hydrogen-bond donors (Lipinski definition) is 2. The zero-order valence-electron chi connectivity index (χ0n) is 19.8. The number of carbonyl (C=O) groups excluding carboxylic acids is 2. The molecule has 2 unspecified atom stereocenters. The van der Waals surface area contributed by atoms with Crippen LogP contribution in [0.3, 0.4) is 0 Å². The smallest absolute Gasteiger partial charge is 0.240 e. The Kier molecular flexibility index (Phi) is 7.10. The standard InChI is InChI=1S/C24H32N6O2S2/c1-15-5-3-7-29(11-15)13-21(31)27-23-25-17-9-18-20(10-19(17)33-23)34-24(26-18)28-22(32)14-30-8-4-6-16(2)12-30/h9-10,15-16H,3-8,11-14H2,1-2H3,(H,25,27,31)(H,26,28,32). The average molecular weight is 501 g/mol. The topological polar surface area (TPSA) is 90.5 Å². The highest BCUT2D eigenvalue weighted by molar-refractivity contribution is 7.24. The lowest BCUT2D eigenvalue weighted by Crippen LogP contribution is -2.39. The van der Waals surface area contributed by atoms with E-state index >= 15 is 0 Å². The number of nitrogens with one attached hydrogen (secondary N) is 2. The van der Waals surface area contributed by atoms with Gasteiger partial charge in [-0.25, -0.2) is 9.97 Å². The molecule has 4 heterocycles. The summed E-state index contributed by atoms with van der Waals surface area (Å²) >= 11 is 2.95. The van der Waals surface area contributed by atoms with Crippen molar-refractivity contribution in [2.75, 3.05) is 49.9 Å². The average Bonchev–Trinajstić information content (AvgIpc) is 3.32. The Bertz CT molecular complexity index is 1050. The number of likely N-dealkylation sites (tertiary alicyclic amines) is 2. The second kappa shape index (κ2) is 10.2. The Morgan fingerprint density at radius 1 is 0.853 bits per heavy atom. The monoisotopic (exact) mass is 500 g/mol. The molecule has 3 aromatic rings. The van der Waals surface area contributed by atoms with E-state index in [9.17, 15) is 9.59 Å². The third-order valence-electron chi connectivity index (χ3n) is 6.61. The fourth-order valence-electron chi connectivity index (χ4n) is 5.04. The highest BCUT2D eigenvalue weighted by Gasteiger charge is 2.21. The lowest BCUT2D eigenvalue weighted by Gasteiger charge is -2.29. The molecule has 2 aromatic heterocycles. The van der Waals surface area contributed by atoms with Gasteiger partial charge in [-0.15, -0.1) is 0 Å². The van der Waals surface area contributed by atoms with Gasteiger partial charge in [-0.05, 0) is 62.7 Å². The normalized spacial score (nSPS) is 22.3. The summed E-state index contributed by atoms with van der Waals surface area (Å²) in [5, 5.41) is 7.17. The maximum atomic E-state index is 12.5. The SMILES string of the molecule is CC1CCCN(CC(=O)Nc2nc3cc4nc(NC(=O)CN5CCCC(C)C5)sc4cc3s2)C1. The van der Waals surface area contributed by atoms with Crippen LogP contribution in [0.2, 0.25) is 0 Å². The molecule has 8 nitrogen and oxygen atoms in total. The number of anilines is 2. The Morgan fingerprint density at radius 2 is 1.32 bits per heavy atom. The molecule has 182 valence electrons. The summed E-state index contributed by atoms with van der Waals surface area (Å²) in [7, 11) is 0. The van der Waals surface area contributed by atoms with E-state index in [-0.39, 0.29) is 11.8 Å². The summed E-state index contributed by atoms with van der Waals surface area (Å²) in [5.74, 6) is 1.27. The predicted octanol–water partition coefficient (Wildman–Crippen LogP) is 4.25. The summed E-state index contributed by atoms with van der Waals surface area (Å²) in [5.41, 5.74) is 1.62. The molecule has 2 amide bonds.